The molecule has 2 aliphatic heterocycles. The summed E-state index contributed by atoms with van der Waals surface area (Å²) in [4.78, 5) is 40.4. The van der Waals surface area contributed by atoms with Crippen LogP contribution in [0.2, 0.25) is 5.02 Å². The summed E-state index contributed by atoms with van der Waals surface area (Å²) >= 11 is 7.90. The van der Waals surface area contributed by atoms with Crippen LogP contribution in [0.5, 0.6) is 0 Å². The molecule has 1 unspecified atom stereocenters. The van der Waals surface area contributed by atoms with E-state index in [-0.39, 0.29) is 30.4 Å². The summed E-state index contributed by atoms with van der Waals surface area (Å²) < 4.78 is 5.41. The number of halogens is 1. The second-order valence-corrected chi connectivity index (χ2v) is 9.95. The van der Waals surface area contributed by atoms with Gasteiger partial charge in [0.05, 0.1) is 23.0 Å². The van der Waals surface area contributed by atoms with Gasteiger partial charge in [0.1, 0.15) is 11.6 Å². The number of ether oxygens (including phenoxy) is 1. The third kappa shape index (κ3) is 5.29. The number of amides is 2. The minimum atomic E-state index is -0.225. The first-order valence-corrected chi connectivity index (χ1v) is 12.7. The summed E-state index contributed by atoms with van der Waals surface area (Å²) in [6.45, 7) is 3.65. The Bertz CT molecular complexity index is 1230. The van der Waals surface area contributed by atoms with Gasteiger partial charge in [-0.1, -0.05) is 23.7 Å². The van der Waals surface area contributed by atoms with Crippen LogP contribution in [0.1, 0.15) is 46.7 Å². The zero-order valence-electron chi connectivity index (χ0n) is 19.2. The SMILES string of the molecule is CC(NC(=O)CN1Cc2ccc(-c3nc(NC4CCOCC4)ncc3Cl)cc2C1=O)c1nccs1. The van der Waals surface area contributed by atoms with Gasteiger partial charge in [-0.25, -0.2) is 15.0 Å². The molecule has 1 aromatic carbocycles. The summed E-state index contributed by atoms with van der Waals surface area (Å²) in [5, 5.41) is 9.35. The standard InChI is InChI=1S/C24H25ClN6O3S/c1-14(22-26-6-9-35-22)28-20(32)13-31-12-16-3-2-15(10-18(16)23(31)33)21-19(25)11-27-24(30-21)29-17-4-7-34-8-5-17/h2-3,6,9-11,14,17H,4-5,7-8,12-13H2,1H3,(H,28,32)(H,27,29,30). The van der Waals surface area contributed by atoms with E-state index >= 15 is 0 Å². The van der Waals surface area contributed by atoms with E-state index in [0.29, 0.717) is 42.0 Å². The van der Waals surface area contributed by atoms with Crippen LogP contribution in [-0.4, -0.2) is 57.5 Å². The van der Waals surface area contributed by atoms with Crippen molar-refractivity contribution in [1.82, 2.24) is 25.2 Å². The number of carbonyl (C=O) groups excluding carboxylic acids is 2. The Morgan fingerprint density at radius 2 is 2.14 bits per heavy atom. The number of nitrogens with zero attached hydrogens (tertiary/aromatic N) is 4. The topological polar surface area (TPSA) is 109 Å². The molecule has 1 fully saturated rings. The maximum absolute atomic E-state index is 13.1. The van der Waals surface area contributed by atoms with Crippen LogP contribution >= 0.6 is 22.9 Å². The van der Waals surface area contributed by atoms with Gasteiger partial charge in [0.15, 0.2) is 0 Å². The van der Waals surface area contributed by atoms with Crippen molar-refractivity contribution < 1.29 is 14.3 Å². The Labute approximate surface area is 211 Å². The fraction of sp³-hybridized carbons (Fsp3) is 0.375. The largest absolute Gasteiger partial charge is 0.381 e. The molecule has 1 saturated heterocycles. The lowest BCUT2D eigenvalue weighted by Crippen LogP contribution is -2.38. The van der Waals surface area contributed by atoms with E-state index < -0.39 is 0 Å². The molecule has 0 saturated carbocycles. The number of hydrogen-bond acceptors (Lipinski definition) is 8. The number of nitrogens with one attached hydrogen (secondary N) is 2. The van der Waals surface area contributed by atoms with Crippen LogP contribution in [0.3, 0.4) is 0 Å². The van der Waals surface area contributed by atoms with Gasteiger partial charge in [0.25, 0.3) is 5.91 Å². The van der Waals surface area contributed by atoms with Crippen molar-refractivity contribution in [2.45, 2.75) is 38.4 Å². The van der Waals surface area contributed by atoms with E-state index in [1.807, 2.05) is 24.4 Å². The molecule has 11 heteroatoms. The molecule has 1 atom stereocenters. The monoisotopic (exact) mass is 512 g/mol. The minimum absolute atomic E-state index is 0.0218. The van der Waals surface area contributed by atoms with Crippen molar-refractivity contribution >= 4 is 40.7 Å². The van der Waals surface area contributed by atoms with Crippen molar-refractivity contribution in [3.63, 3.8) is 0 Å². The fourth-order valence-electron chi connectivity index (χ4n) is 4.27. The van der Waals surface area contributed by atoms with E-state index in [9.17, 15) is 9.59 Å². The van der Waals surface area contributed by atoms with Crippen molar-refractivity contribution in [1.29, 1.82) is 0 Å². The molecule has 0 bridgehead atoms. The van der Waals surface area contributed by atoms with Crippen LogP contribution in [0, 0.1) is 0 Å². The second kappa shape index (κ2) is 10.3. The normalized spacial score (nSPS) is 16.7. The average Bonchev–Trinajstić information content (AvgIpc) is 3.50. The molecule has 3 aromatic rings. The Morgan fingerprint density at radius 1 is 1.31 bits per heavy atom. The highest BCUT2D eigenvalue weighted by Gasteiger charge is 2.30. The maximum atomic E-state index is 13.1. The number of carbonyl (C=O) groups is 2. The molecule has 0 radical (unpaired) electrons. The van der Waals surface area contributed by atoms with E-state index in [0.717, 1.165) is 29.0 Å². The molecular formula is C24H25ClN6O3S. The second-order valence-electron chi connectivity index (χ2n) is 8.61. The molecule has 4 heterocycles. The summed E-state index contributed by atoms with van der Waals surface area (Å²) in [6, 6.07) is 5.62. The number of anilines is 1. The highest BCUT2D eigenvalue weighted by atomic mass is 35.5. The Balaban J connectivity index is 1.28. The molecule has 0 spiro atoms. The van der Waals surface area contributed by atoms with Gasteiger partial charge >= 0.3 is 0 Å². The molecule has 5 rings (SSSR count). The van der Waals surface area contributed by atoms with Crippen LogP contribution in [0.4, 0.5) is 5.95 Å². The lowest BCUT2D eigenvalue weighted by Gasteiger charge is -2.23. The zero-order valence-corrected chi connectivity index (χ0v) is 20.7. The van der Waals surface area contributed by atoms with Crippen molar-refractivity contribution in [3.8, 4) is 11.3 Å². The number of rotatable bonds is 7. The van der Waals surface area contributed by atoms with E-state index in [1.54, 1.807) is 18.5 Å². The zero-order chi connectivity index (χ0) is 24.4. The van der Waals surface area contributed by atoms with Crippen LogP contribution in [0.15, 0.2) is 36.0 Å². The molecule has 35 heavy (non-hydrogen) atoms. The Kier molecular flexibility index (Phi) is 6.94. The van der Waals surface area contributed by atoms with Gasteiger partial charge < -0.3 is 20.3 Å². The quantitative estimate of drug-likeness (QED) is 0.497. The molecule has 182 valence electrons. The molecule has 0 aliphatic carbocycles. The van der Waals surface area contributed by atoms with Gasteiger partial charge in [0.2, 0.25) is 11.9 Å². The number of aromatic nitrogens is 3. The maximum Gasteiger partial charge on any atom is 0.254 e. The summed E-state index contributed by atoms with van der Waals surface area (Å²) in [5.74, 6) is 0.0807. The highest BCUT2D eigenvalue weighted by molar-refractivity contribution is 7.09. The van der Waals surface area contributed by atoms with E-state index in [1.165, 1.54) is 16.2 Å². The first kappa shape index (κ1) is 23.7. The molecule has 9 nitrogen and oxygen atoms in total. The summed E-state index contributed by atoms with van der Waals surface area (Å²) in [7, 11) is 0. The predicted molar refractivity (Wildman–Crippen MR) is 133 cm³/mol. The molecule has 2 aromatic heterocycles. The summed E-state index contributed by atoms with van der Waals surface area (Å²) in [6.07, 6.45) is 5.05. The lowest BCUT2D eigenvalue weighted by atomic mass is 10.0. The highest BCUT2D eigenvalue weighted by Crippen LogP contribution is 2.31. The summed E-state index contributed by atoms with van der Waals surface area (Å²) in [5.41, 5.74) is 2.70. The smallest absolute Gasteiger partial charge is 0.254 e. The van der Waals surface area contributed by atoms with Crippen LogP contribution in [0.25, 0.3) is 11.3 Å². The minimum Gasteiger partial charge on any atom is -0.381 e. The van der Waals surface area contributed by atoms with Crippen molar-refractivity contribution in [3.05, 3.63) is 57.1 Å². The van der Waals surface area contributed by atoms with E-state index in [2.05, 4.69) is 25.6 Å². The van der Waals surface area contributed by atoms with Gasteiger partial charge in [-0.05, 0) is 31.4 Å². The molecular weight excluding hydrogens is 488 g/mol. The van der Waals surface area contributed by atoms with Gasteiger partial charge in [-0.2, -0.15) is 0 Å². The van der Waals surface area contributed by atoms with Crippen LogP contribution in [-0.2, 0) is 16.1 Å². The molecule has 2 amide bonds. The number of fused-ring (bicyclic) bond motifs is 1. The Morgan fingerprint density at radius 3 is 2.91 bits per heavy atom. The van der Waals surface area contributed by atoms with Crippen molar-refractivity contribution in [2.24, 2.45) is 0 Å². The third-order valence-corrected chi connectivity index (χ3v) is 7.33. The number of benzene rings is 1. The van der Waals surface area contributed by atoms with E-state index in [4.69, 9.17) is 16.3 Å². The van der Waals surface area contributed by atoms with Crippen LogP contribution < -0.4 is 10.6 Å². The third-order valence-electron chi connectivity index (χ3n) is 6.09. The average molecular weight is 513 g/mol. The first-order valence-electron chi connectivity index (χ1n) is 11.5. The van der Waals surface area contributed by atoms with Gasteiger partial charge in [-0.15, -0.1) is 11.3 Å². The first-order chi connectivity index (χ1) is 17.0. The molecule has 2 aliphatic rings. The Hall–Kier alpha value is -3.08. The molecule has 2 N–H and O–H groups in total. The van der Waals surface area contributed by atoms with Gasteiger partial charge in [0, 0.05) is 48.5 Å². The number of thiazole rings is 1. The number of hydrogen-bond donors (Lipinski definition) is 2. The predicted octanol–water partition coefficient (Wildman–Crippen LogP) is 3.68. The van der Waals surface area contributed by atoms with Crippen molar-refractivity contribution in [2.75, 3.05) is 25.1 Å². The van der Waals surface area contributed by atoms with Gasteiger partial charge in [-0.3, -0.25) is 9.59 Å². The fourth-order valence-corrected chi connectivity index (χ4v) is 5.12. The lowest BCUT2D eigenvalue weighted by molar-refractivity contribution is -0.122.